The average Bonchev–Trinajstić information content (AvgIpc) is 2.31. The van der Waals surface area contributed by atoms with Gasteiger partial charge in [-0.2, -0.15) is 0 Å². The standard InChI is InChI=1S/C13H26N2O/c1-12(2)3-5-13(11-14,6-4-12)15-7-9-16-10-8-15/h3-11,14H2,1-2H3. The number of nitrogens with two attached hydrogens (primary N) is 1. The Balaban J connectivity index is 2.02. The maximum absolute atomic E-state index is 6.08. The monoisotopic (exact) mass is 226 g/mol. The zero-order valence-electron chi connectivity index (χ0n) is 10.8. The summed E-state index contributed by atoms with van der Waals surface area (Å²) in [7, 11) is 0. The SMILES string of the molecule is CC1(C)CCC(CN)(N2CCOCC2)CC1. The summed E-state index contributed by atoms with van der Waals surface area (Å²) >= 11 is 0. The van der Waals surface area contributed by atoms with E-state index in [9.17, 15) is 0 Å². The van der Waals surface area contributed by atoms with E-state index >= 15 is 0 Å². The molecule has 0 aromatic heterocycles. The lowest BCUT2D eigenvalue weighted by Crippen LogP contribution is -2.59. The summed E-state index contributed by atoms with van der Waals surface area (Å²) < 4.78 is 5.44. The smallest absolute Gasteiger partial charge is 0.0594 e. The minimum absolute atomic E-state index is 0.277. The van der Waals surface area contributed by atoms with Crippen molar-refractivity contribution in [3.63, 3.8) is 0 Å². The maximum atomic E-state index is 6.08. The zero-order chi connectivity index (χ0) is 11.6. The Bertz CT molecular complexity index is 224. The summed E-state index contributed by atoms with van der Waals surface area (Å²) in [5.41, 5.74) is 6.87. The van der Waals surface area contributed by atoms with Crippen LogP contribution in [0.15, 0.2) is 0 Å². The van der Waals surface area contributed by atoms with Crippen LogP contribution < -0.4 is 5.73 Å². The fraction of sp³-hybridized carbons (Fsp3) is 1.00. The Hall–Kier alpha value is -0.120. The number of nitrogens with zero attached hydrogens (tertiary/aromatic N) is 1. The topological polar surface area (TPSA) is 38.5 Å². The molecule has 0 atom stereocenters. The van der Waals surface area contributed by atoms with Gasteiger partial charge in [-0.05, 0) is 31.1 Å². The Morgan fingerprint density at radius 1 is 1.06 bits per heavy atom. The number of hydrogen-bond donors (Lipinski definition) is 1. The van der Waals surface area contributed by atoms with Crippen LogP contribution in [0, 0.1) is 5.41 Å². The second kappa shape index (κ2) is 4.63. The molecule has 0 unspecified atom stereocenters. The van der Waals surface area contributed by atoms with Crippen molar-refractivity contribution in [1.82, 2.24) is 4.90 Å². The molecule has 1 saturated heterocycles. The van der Waals surface area contributed by atoms with E-state index in [1.807, 2.05) is 0 Å². The first-order valence-electron chi connectivity index (χ1n) is 6.61. The fourth-order valence-electron chi connectivity index (χ4n) is 3.08. The quantitative estimate of drug-likeness (QED) is 0.777. The summed E-state index contributed by atoms with van der Waals surface area (Å²) in [6.45, 7) is 9.47. The van der Waals surface area contributed by atoms with Gasteiger partial charge in [-0.1, -0.05) is 13.8 Å². The molecule has 1 saturated carbocycles. The van der Waals surface area contributed by atoms with Gasteiger partial charge >= 0.3 is 0 Å². The zero-order valence-corrected chi connectivity index (χ0v) is 10.8. The van der Waals surface area contributed by atoms with Crippen molar-refractivity contribution >= 4 is 0 Å². The molecule has 3 heteroatoms. The lowest BCUT2D eigenvalue weighted by molar-refractivity contribution is -0.0460. The van der Waals surface area contributed by atoms with Crippen LogP contribution >= 0.6 is 0 Å². The molecule has 1 heterocycles. The van der Waals surface area contributed by atoms with Crippen LogP contribution in [-0.2, 0) is 4.74 Å². The molecule has 0 radical (unpaired) electrons. The normalized spacial score (nSPS) is 30.2. The lowest BCUT2D eigenvalue weighted by Gasteiger charge is -2.50. The van der Waals surface area contributed by atoms with E-state index in [0.717, 1.165) is 32.8 Å². The van der Waals surface area contributed by atoms with Gasteiger partial charge < -0.3 is 10.5 Å². The van der Waals surface area contributed by atoms with Crippen molar-refractivity contribution < 1.29 is 4.74 Å². The Kier molecular flexibility index (Phi) is 3.57. The van der Waals surface area contributed by atoms with Crippen molar-refractivity contribution in [3.05, 3.63) is 0 Å². The summed E-state index contributed by atoms with van der Waals surface area (Å²) in [5.74, 6) is 0. The Morgan fingerprint density at radius 3 is 2.12 bits per heavy atom. The van der Waals surface area contributed by atoms with Crippen LogP contribution in [-0.4, -0.2) is 43.3 Å². The van der Waals surface area contributed by atoms with Crippen molar-refractivity contribution in [2.45, 2.75) is 45.1 Å². The molecule has 0 amide bonds. The van der Waals surface area contributed by atoms with Crippen LogP contribution in [0.2, 0.25) is 0 Å². The van der Waals surface area contributed by atoms with Gasteiger partial charge in [0.25, 0.3) is 0 Å². The first-order valence-corrected chi connectivity index (χ1v) is 6.61. The third kappa shape index (κ3) is 2.41. The molecule has 0 spiro atoms. The highest BCUT2D eigenvalue weighted by atomic mass is 16.5. The predicted molar refractivity (Wildman–Crippen MR) is 66.4 cm³/mol. The number of morpholine rings is 1. The molecule has 94 valence electrons. The van der Waals surface area contributed by atoms with E-state index in [4.69, 9.17) is 10.5 Å². The predicted octanol–water partition coefficient (Wildman–Crippen LogP) is 1.62. The number of rotatable bonds is 2. The Morgan fingerprint density at radius 2 is 1.62 bits per heavy atom. The van der Waals surface area contributed by atoms with E-state index in [-0.39, 0.29) is 5.54 Å². The van der Waals surface area contributed by atoms with E-state index in [1.165, 1.54) is 25.7 Å². The third-order valence-corrected chi connectivity index (χ3v) is 4.60. The van der Waals surface area contributed by atoms with Gasteiger partial charge in [-0.15, -0.1) is 0 Å². The van der Waals surface area contributed by atoms with Gasteiger partial charge in [0.2, 0.25) is 0 Å². The van der Waals surface area contributed by atoms with Crippen molar-refractivity contribution in [1.29, 1.82) is 0 Å². The van der Waals surface area contributed by atoms with Crippen LogP contribution in [0.4, 0.5) is 0 Å². The lowest BCUT2D eigenvalue weighted by atomic mass is 9.68. The third-order valence-electron chi connectivity index (χ3n) is 4.60. The summed E-state index contributed by atoms with van der Waals surface area (Å²) in [4.78, 5) is 2.59. The number of ether oxygens (including phenoxy) is 1. The summed E-state index contributed by atoms with van der Waals surface area (Å²) in [6, 6.07) is 0. The van der Waals surface area contributed by atoms with Crippen molar-refractivity contribution in [2.24, 2.45) is 11.1 Å². The largest absolute Gasteiger partial charge is 0.379 e. The number of hydrogen-bond acceptors (Lipinski definition) is 3. The molecule has 2 aliphatic rings. The highest BCUT2D eigenvalue weighted by Crippen LogP contribution is 2.42. The first kappa shape index (κ1) is 12.3. The molecule has 1 aliphatic heterocycles. The Labute approximate surface area is 99.3 Å². The summed E-state index contributed by atoms with van der Waals surface area (Å²) in [5, 5.41) is 0. The minimum Gasteiger partial charge on any atom is -0.379 e. The van der Waals surface area contributed by atoms with Crippen LogP contribution in [0.5, 0.6) is 0 Å². The van der Waals surface area contributed by atoms with E-state index < -0.39 is 0 Å². The molecular formula is C13H26N2O. The fourth-order valence-corrected chi connectivity index (χ4v) is 3.08. The maximum Gasteiger partial charge on any atom is 0.0594 e. The molecule has 16 heavy (non-hydrogen) atoms. The van der Waals surface area contributed by atoms with E-state index in [1.54, 1.807) is 0 Å². The highest BCUT2D eigenvalue weighted by Gasteiger charge is 2.41. The van der Waals surface area contributed by atoms with Crippen LogP contribution in [0.1, 0.15) is 39.5 Å². The molecule has 0 aromatic carbocycles. The van der Waals surface area contributed by atoms with Crippen molar-refractivity contribution in [2.75, 3.05) is 32.8 Å². The molecule has 2 rings (SSSR count). The molecule has 3 nitrogen and oxygen atoms in total. The minimum atomic E-state index is 0.277. The molecule has 2 N–H and O–H groups in total. The van der Waals surface area contributed by atoms with Gasteiger partial charge in [-0.3, -0.25) is 4.90 Å². The van der Waals surface area contributed by atoms with Crippen LogP contribution in [0.25, 0.3) is 0 Å². The van der Waals surface area contributed by atoms with E-state index in [2.05, 4.69) is 18.7 Å². The highest BCUT2D eigenvalue weighted by molar-refractivity contribution is 4.98. The molecule has 0 bridgehead atoms. The molecule has 2 fully saturated rings. The molecule has 0 aromatic rings. The van der Waals surface area contributed by atoms with Gasteiger partial charge in [0.1, 0.15) is 0 Å². The van der Waals surface area contributed by atoms with Crippen LogP contribution in [0.3, 0.4) is 0 Å². The van der Waals surface area contributed by atoms with E-state index in [0.29, 0.717) is 5.41 Å². The van der Waals surface area contributed by atoms with Gasteiger partial charge in [0.05, 0.1) is 13.2 Å². The second-order valence-electron chi connectivity index (χ2n) is 6.19. The molecular weight excluding hydrogens is 200 g/mol. The average molecular weight is 226 g/mol. The van der Waals surface area contributed by atoms with Crippen molar-refractivity contribution in [3.8, 4) is 0 Å². The molecule has 1 aliphatic carbocycles. The second-order valence-corrected chi connectivity index (χ2v) is 6.19. The van der Waals surface area contributed by atoms with Gasteiger partial charge in [0.15, 0.2) is 0 Å². The first-order chi connectivity index (χ1) is 7.58. The summed E-state index contributed by atoms with van der Waals surface area (Å²) in [6.07, 6.45) is 5.14. The van der Waals surface area contributed by atoms with Gasteiger partial charge in [0, 0.05) is 25.2 Å². The van der Waals surface area contributed by atoms with Gasteiger partial charge in [-0.25, -0.2) is 0 Å².